The van der Waals surface area contributed by atoms with Crippen LogP contribution in [0.4, 0.5) is 4.79 Å². The molecule has 1 aromatic rings. The first kappa shape index (κ1) is 15.8. The molecule has 2 rings (SSSR count). The normalized spacial score (nSPS) is 19.3. The molecule has 6 nitrogen and oxygen atoms in total. The van der Waals surface area contributed by atoms with E-state index in [9.17, 15) is 13.2 Å². The Bertz CT molecular complexity index is 574. The average Bonchev–Trinajstić information content (AvgIpc) is 2.44. The third-order valence-electron chi connectivity index (χ3n) is 3.51. The molecule has 116 valence electrons. The van der Waals surface area contributed by atoms with Crippen LogP contribution in [0.5, 0.6) is 0 Å². The van der Waals surface area contributed by atoms with Crippen molar-refractivity contribution in [2.75, 3.05) is 25.1 Å². The Kier molecular flexibility index (Phi) is 5.17. The van der Waals surface area contributed by atoms with Gasteiger partial charge in [-0.05, 0) is 30.4 Å². The topological polar surface area (TPSA) is 79.4 Å². The van der Waals surface area contributed by atoms with Crippen molar-refractivity contribution in [1.29, 1.82) is 0 Å². The van der Waals surface area contributed by atoms with Gasteiger partial charge in [0.05, 0.1) is 5.75 Å². The minimum Gasteiger partial charge on any atom is -0.334 e. The van der Waals surface area contributed by atoms with Gasteiger partial charge in [0, 0.05) is 38.3 Å². The van der Waals surface area contributed by atoms with Gasteiger partial charge in [-0.2, -0.15) is 0 Å². The second kappa shape index (κ2) is 6.89. The number of hydrogen-bond donors (Lipinski definition) is 1. The smallest absolute Gasteiger partial charge is 0.317 e. The molecule has 1 N–H and O–H groups in total. The predicted molar refractivity (Wildman–Crippen MR) is 80.5 cm³/mol. The number of urea groups is 1. The van der Waals surface area contributed by atoms with E-state index in [1.54, 1.807) is 17.3 Å². The minimum atomic E-state index is -2.99. The van der Waals surface area contributed by atoms with E-state index >= 15 is 0 Å². The first-order chi connectivity index (χ1) is 9.94. The number of piperidine rings is 1. The molecule has 0 saturated carbocycles. The van der Waals surface area contributed by atoms with Crippen LogP contribution in [-0.2, 0) is 16.4 Å². The third kappa shape index (κ3) is 5.34. The fourth-order valence-electron chi connectivity index (χ4n) is 2.61. The number of hydrogen-bond acceptors (Lipinski definition) is 4. The Morgan fingerprint density at radius 1 is 1.52 bits per heavy atom. The molecule has 1 fully saturated rings. The Labute approximate surface area is 125 Å². The number of amides is 2. The van der Waals surface area contributed by atoms with Crippen LogP contribution in [-0.4, -0.2) is 49.4 Å². The molecule has 2 amide bonds. The van der Waals surface area contributed by atoms with Crippen LogP contribution in [0.15, 0.2) is 24.5 Å². The van der Waals surface area contributed by atoms with Gasteiger partial charge in [0.25, 0.3) is 0 Å². The van der Waals surface area contributed by atoms with E-state index in [0.29, 0.717) is 19.6 Å². The van der Waals surface area contributed by atoms with Gasteiger partial charge in [-0.15, -0.1) is 0 Å². The highest BCUT2D eigenvalue weighted by Crippen LogP contribution is 2.18. The summed E-state index contributed by atoms with van der Waals surface area (Å²) < 4.78 is 22.7. The van der Waals surface area contributed by atoms with Crippen LogP contribution in [0.2, 0.25) is 0 Å². The largest absolute Gasteiger partial charge is 0.334 e. The fraction of sp³-hybridized carbons (Fsp3) is 0.571. The van der Waals surface area contributed by atoms with Gasteiger partial charge in [0.1, 0.15) is 9.84 Å². The summed E-state index contributed by atoms with van der Waals surface area (Å²) in [6, 6.07) is 3.58. The lowest BCUT2D eigenvalue weighted by Crippen LogP contribution is -2.46. The highest BCUT2D eigenvalue weighted by atomic mass is 32.2. The molecule has 0 radical (unpaired) electrons. The molecule has 0 aliphatic carbocycles. The summed E-state index contributed by atoms with van der Waals surface area (Å²) in [7, 11) is -2.99. The molecule has 2 heterocycles. The highest BCUT2D eigenvalue weighted by molar-refractivity contribution is 7.90. The van der Waals surface area contributed by atoms with Crippen molar-refractivity contribution < 1.29 is 13.2 Å². The van der Waals surface area contributed by atoms with Gasteiger partial charge in [-0.3, -0.25) is 4.98 Å². The van der Waals surface area contributed by atoms with E-state index in [-0.39, 0.29) is 17.7 Å². The molecule has 1 saturated heterocycles. The molecule has 1 aromatic heterocycles. The number of likely N-dealkylation sites (tertiary alicyclic amines) is 1. The summed E-state index contributed by atoms with van der Waals surface area (Å²) in [6.07, 6.45) is 6.35. The van der Waals surface area contributed by atoms with Crippen molar-refractivity contribution in [3.8, 4) is 0 Å². The van der Waals surface area contributed by atoms with Crippen LogP contribution in [0.25, 0.3) is 0 Å². The second-order valence-corrected chi connectivity index (χ2v) is 7.75. The van der Waals surface area contributed by atoms with Crippen molar-refractivity contribution in [2.45, 2.75) is 19.4 Å². The number of nitrogens with one attached hydrogen (secondary N) is 1. The number of carbonyl (C=O) groups excluding carboxylic acids is 1. The summed E-state index contributed by atoms with van der Waals surface area (Å²) in [5, 5.41) is 2.85. The zero-order valence-corrected chi connectivity index (χ0v) is 13.0. The molecule has 0 bridgehead atoms. The standard InChI is InChI=1S/C14H21N3O3S/c1-21(19,20)11-13-5-3-7-17(10-13)14(18)16-9-12-4-2-6-15-8-12/h2,4,6,8,13H,3,5,7,9-11H2,1H3,(H,16,18)/t13-/m0/s1. The maximum absolute atomic E-state index is 12.1. The first-order valence-electron chi connectivity index (χ1n) is 7.03. The molecule has 1 atom stereocenters. The third-order valence-corrected chi connectivity index (χ3v) is 4.59. The summed E-state index contributed by atoms with van der Waals surface area (Å²) in [5.41, 5.74) is 0.940. The van der Waals surface area contributed by atoms with E-state index in [0.717, 1.165) is 18.4 Å². The summed E-state index contributed by atoms with van der Waals surface area (Å²) in [5.74, 6) is 0.192. The van der Waals surface area contributed by atoms with Crippen molar-refractivity contribution in [1.82, 2.24) is 15.2 Å². The lowest BCUT2D eigenvalue weighted by molar-refractivity contribution is 0.170. The maximum Gasteiger partial charge on any atom is 0.317 e. The van der Waals surface area contributed by atoms with E-state index in [4.69, 9.17) is 0 Å². The van der Waals surface area contributed by atoms with E-state index < -0.39 is 9.84 Å². The van der Waals surface area contributed by atoms with Gasteiger partial charge >= 0.3 is 6.03 Å². The Morgan fingerprint density at radius 3 is 3.00 bits per heavy atom. The fourth-order valence-corrected chi connectivity index (χ4v) is 3.73. The van der Waals surface area contributed by atoms with Crippen LogP contribution < -0.4 is 5.32 Å². The van der Waals surface area contributed by atoms with Gasteiger partial charge in [-0.25, -0.2) is 13.2 Å². The van der Waals surface area contributed by atoms with Crippen molar-refractivity contribution in [3.05, 3.63) is 30.1 Å². The van der Waals surface area contributed by atoms with E-state index in [1.165, 1.54) is 6.26 Å². The van der Waals surface area contributed by atoms with Crippen LogP contribution in [0.3, 0.4) is 0 Å². The van der Waals surface area contributed by atoms with Crippen molar-refractivity contribution in [2.24, 2.45) is 5.92 Å². The highest BCUT2D eigenvalue weighted by Gasteiger charge is 2.25. The number of pyridine rings is 1. The minimum absolute atomic E-state index is 0.0397. The van der Waals surface area contributed by atoms with E-state index in [1.807, 2.05) is 12.1 Å². The van der Waals surface area contributed by atoms with Crippen LogP contribution >= 0.6 is 0 Å². The molecule has 21 heavy (non-hydrogen) atoms. The molecule has 0 spiro atoms. The molecule has 1 aliphatic heterocycles. The number of nitrogens with zero attached hydrogens (tertiary/aromatic N) is 2. The second-order valence-electron chi connectivity index (χ2n) is 5.57. The summed E-state index contributed by atoms with van der Waals surface area (Å²) in [6.45, 7) is 1.62. The zero-order valence-electron chi connectivity index (χ0n) is 12.2. The number of rotatable bonds is 4. The SMILES string of the molecule is CS(=O)(=O)C[C@H]1CCCN(C(=O)NCc2cccnc2)C1. The Balaban J connectivity index is 1.84. The van der Waals surface area contributed by atoms with Gasteiger partial charge < -0.3 is 10.2 Å². The summed E-state index contributed by atoms with van der Waals surface area (Å²) in [4.78, 5) is 17.8. The molecule has 7 heteroatoms. The number of aromatic nitrogens is 1. The van der Waals surface area contributed by atoms with Crippen molar-refractivity contribution in [3.63, 3.8) is 0 Å². The Hall–Kier alpha value is -1.63. The predicted octanol–water partition coefficient (Wildman–Crippen LogP) is 1.05. The van der Waals surface area contributed by atoms with Crippen molar-refractivity contribution >= 4 is 15.9 Å². The lowest BCUT2D eigenvalue weighted by Gasteiger charge is -2.32. The lowest BCUT2D eigenvalue weighted by atomic mass is 10.0. The summed E-state index contributed by atoms with van der Waals surface area (Å²) >= 11 is 0. The number of sulfone groups is 1. The van der Waals surface area contributed by atoms with Crippen LogP contribution in [0, 0.1) is 5.92 Å². The maximum atomic E-state index is 12.1. The average molecular weight is 311 g/mol. The molecule has 1 aliphatic rings. The molecular formula is C14H21N3O3S. The van der Waals surface area contributed by atoms with Crippen LogP contribution in [0.1, 0.15) is 18.4 Å². The first-order valence-corrected chi connectivity index (χ1v) is 9.09. The zero-order chi connectivity index (χ0) is 15.3. The monoisotopic (exact) mass is 311 g/mol. The quantitative estimate of drug-likeness (QED) is 0.901. The number of carbonyl (C=O) groups is 1. The molecule has 0 unspecified atom stereocenters. The molecule has 0 aromatic carbocycles. The van der Waals surface area contributed by atoms with Gasteiger partial charge in [0.2, 0.25) is 0 Å². The molecular weight excluding hydrogens is 290 g/mol. The van der Waals surface area contributed by atoms with Gasteiger partial charge in [-0.1, -0.05) is 6.07 Å². The Morgan fingerprint density at radius 2 is 2.33 bits per heavy atom. The van der Waals surface area contributed by atoms with Gasteiger partial charge in [0.15, 0.2) is 0 Å². The van der Waals surface area contributed by atoms with E-state index in [2.05, 4.69) is 10.3 Å².